The summed E-state index contributed by atoms with van der Waals surface area (Å²) in [7, 11) is -1.83. The Balaban J connectivity index is 1.84. The third-order valence-electron chi connectivity index (χ3n) is 4.85. The molecule has 0 fully saturated rings. The van der Waals surface area contributed by atoms with Crippen molar-refractivity contribution in [3.05, 3.63) is 64.4 Å². The van der Waals surface area contributed by atoms with Gasteiger partial charge in [0, 0.05) is 5.75 Å². The summed E-state index contributed by atoms with van der Waals surface area (Å²) in [5.41, 5.74) is 2.27. The molecule has 2 aromatic carbocycles. The van der Waals surface area contributed by atoms with E-state index in [4.69, 9.17) is 0 Å². The molecule has 4 rings (SSSR count). The number of nitrogens with one attached hydrogen (secondary N) is 1. The van der Waals surface area contributed by atoms with E-state index in [1.54, 1.807) is 10.6 Å². The molecule has 0 aliphatic heterocycles. The van der Waals surface area contributed by atoms with Gasteiger partial charge in [-0.3, -0.25) is 9.20 Å². The first-order valence-corrected chi connectivity index (χ1v) is 12.1. The van der Waals surface area contributed by atoms with Crippen LogP contribution in [0.4, 0.5) is 0 Å². The number of rotatable bonds is 7. The van der Waals surface area contributed by atoms with Gasteiger partial charge in [0.15, 0.2) is 5.16 Å². The largest absolute Gasteiger partial charge is 0.268 e. The number of hydrogen-bond acceptors (Lipinski definition) is 6. The summed E-state index contributed by atoms with van der Waals surface area (Å²) < 4.78 is 29.0. The van der Waals surface area contributed by atoms with Crippen molar-refractivity contribution in [2.75, 3.05) is 18.6 Å². The smallest absolute Gasteiger partial charge is 0.267 e. The molecule has 10 heteroatoms. The summed E-state index contributed by atoms with van der Waals surface area (Å²) in [5, 5.41) is 9.80. The maximum absolute atomic E-state index is 13.3. The van der Waals surface area contributed by atoms with Crippen molar-refractivity contribution in [1.82, 2.24) is 23.9 Å². The van der Waals surface area contributed by atoms with Crippen molar-refractivity contribution in [2.45, 2.75) is 18.5 Å². The number of para-hydroxylation sites is 2. The van der Waals surface area contributed by atoms with Crippen LogP contribution in [0.15, 0.2) is 58.5 Å². The highest BCUT2D eigenvalue weighted by atomic mass is 32.2. The average Bonchev–Trinajstić information content (AvgIpc) is 3.16. The summed E-state index contributed by atoms with van der Waals surface area (Å²) in [6.07, 6.45) is 0.470. The van der Waals surface area contributed by atoms with Gasteiger partial charge >= 0.3 is 0 Å². The zero-order valence-corrected chi connectivity index (χ0v) is 18.2. The molecule has 156 valence electrons. The average molecular weight is 444 g/mol. The van der Waals surface area contributed by atoms with Crippen molar-refractivity contribution in [3.63, 3.8) is 0 Å². The van der Waals surface area contributed by atoms with Crippen LogP contribution in [0.2, 0.25) is 0 Å². The first kappa shape index (κ1) is 20.6. The van der Waals surface area contributed by atoms with E-state index in [0.717, 1.165) is 16.8 Å². The van der Waals surface area contributed by atoms with Gasteiger partial charge in [0.25, 0.3) is 5.56 Å². The Hall–Kier alpha value is -2.69. The Kier molecular flexibility index (Phi) is 5.63. The number of hydrogen-bond donors (Lipinski definition) is 1. The Morgan fingerprint density at radius 1 is 1.07 bits per heavy atom. The number of fused-ring (bicyclic) bond motifs is 3. The summed E-state index contributed by atoms with van der Waals surface area (Å²) in [6, 6.07) is 15.0. The number of aryl methyl sites for hydroxylation is 1. The monoisotopic (exact) mass is 443 g/mol. The number of nitrogens with zero attached hydrogens (tertiary/aromatic N) is 4. The van der Waals surface area contributed by atoms with E-state index in [1.807, 2.05) is 53.8 Å². The molecule has 0 amide bonds. The summed E-state index contributed by atoms with van der Waals surface area (Å²) >= 11 is 1.42. The Morgan fingerprint density at radius 2 is 1.80 bits per heavy atom. The second-order valence-corrected chi connectivity index (χ2v) is 9.90. The molecule has 0 saturated heterocycles. The highest BCUT2D eigenvalue weighted by molar-refractivity contribution is 7.99. The normalized spacial score (nSPS) is 12.1. The lowest BCUT2D eigenvalue weighted by atomic mass is 10.2. The van der Waals surface area contributed by atoms with Crippen LogP contribution in [0.3, 0.4) is 0 Å². The van der Waals surface area contributed by atoms with Crippen molar-refractivity contribution in [2.24, 2.45) is 0 Å². The Bertz CT molecular complexity index is 1390. The van der Waals surface area contributed by atoms with Gasteiger partial charge in [-0.25, -0.2) is 17.7 Å². The predicted molar refractivity (Wildman–Crippen MR) is 119 cm³/mol. The van der Waals surface area contributed by atoms with Crippen LogP contribution in [-0.2, 0) is 10.0 Å². The molecular formula is C20H21N5O3S2. The molecule has 0 atom stereocenters. The molecule has 0 bridgehead atoms. The number of aromatic nitrogens is 4. The van der Waals surface area contributed by atoms with Gasteiger partial charge in [-0.1, -0.05) is 42.1 Å². The third kappa shape index (κ3) is 3.73. The molecular weight excluding hydrogens is 422 g/mol. The molecule has 30 heavy (non-hydrogen) atoms. The van der Waals surface area contributed by atoms with E-state index in [-0.39, 0.29) is 11.3 Å². The number of sulfonamides is 1. The lowest BCUT2D eigenvalue weighted by Gasteiger charge is -2.13. The highest BCUT2D eigenvalue weighted by Gasteiger charge is 2.18. The molecule has 2 aromatic heterocycles. The zero-order valence-electron chi connectivity index (χ0n) is 16.6. The van der Waals surface area contributed by atoms with Crippen molar-refractivity contribution < 1.29 is 8.42 Å². The fourth-order valence-electron chi connectivity index (χ4n) is 3.32. The van der Waals surface area contributed by atoms with Crippen LogP contribution in [0, 0.1) is 6.92 Å². The van der Waals surface area contributed by atoms with Crippen LogP contribution in [0.1, 0.15) is 12.0 Å². The molecule has 0 spiro atoms. The van der Waals surface area contributed by atoms with Gasteiger partial charge in [-0.05, 0) is 44.2 Å². The van der Waals surface area contributed by atoms with Crippen molar-refractivity contribution in [3.8, 4) is 5.69 Å². The van der Waals surface area contributed by atoms with Crippen LogP contribution in [0.25, 0.3) is 22.4 Å². The molecule has 1 N–H and O–H groups in total. The predicted octanol–water partition coefficient (Wildman–Crippen LogP) is 2.37. The molecule has 0 saturated carbocycles. The van der Waals surface area contributed by atoms with E-state index < -0.39 is 10.0 Å². The van der Waals surface area contributed by atoms with Crippen LogP contribution in [-0.4, -0.2) is 46.1 Å². The number of benzene rings is 2. The zero-order chi connectivity index (χ0) is 21.3. The SMILES string of the molecule is CNS(=O)(=O)CCCSc1nnc2n(-c3ccccc3C)c(=O)c3ccccc3n12. The van der Waals surface area contributed by atoms with Gasteiger partial charge < -0.3 is 0 Å². The minimum Gasteiger partial charge on any atom is -0.268 e. The highest BCUT2D eigenvalue weighted by Crippen LogP contribution is 2.24. The maximum atomic E-state index is 13.3. The van der Waals surface area contributed by atoms with Gasteiger partial charge in [0.05, 0.1) is 22.3 Å². The Labute approximate surface area is 178 Å². The molecule has 2 heterocycles. The standard InChI is InChI=1S/C20H21N5O3S2/c1-14-8-3-5-10-16(14)24-18(26)15-9-4-6-11-17(15)25-19(24)22-23-20(25)29-12-7-13-30(27,28)21-2/h3-6,8-11,21H,7,12-13H2,1-2H3. The summed E-state index contributed by atoms with van der Waals surface area (Å²) in [5.74, 6) is 1.03. The minimum atomic E-state index is -3.24. The van der Waals surface area contributed by atoms with Crippen LogP contribution >= 0.6 is 11.8 Å². The van der Waals surface area contributed by atoms with Gasteiger partial charge in [-0.2, -0.15) is 0 Å². The van der Waals surface area contributed by atoms with Crippen molar-refractivity contribution >= 4 is 38.5 Å². The first-order chi connectivity index (χ1) is 14.4. The fourth-order valence-corrected chi connectivity index (χ4v) is 5.11. The van der Waals surface area contributed by atoms with Gasteiger partial charge in [-0.15, -0.1) is 10.2 Å². The molecule has 0 aliphatic rings. The van der Waals surface area contributed by atoms with Crippen LogP contribution in [0.5, 0.6) is 0 Å². The van der Waals surface area contributed by atoms with Crippen molar-refractivity contribution in [1.29, 1.82) is 0 Å². The lowest BCUT2D eigenvalue weighted by molar-refractivity contribution is 0.587. The van der Waals surface area contributed by atoms with E-state index in [9.17, 15) is 13.2 Å². The van der Waals surface area contributed by atoms with E-state index in [0.29, 0.717) is 28.5 Å². The topological polar surface area (TPSA) is 98.4 Å². The van der Waals surface area contributed by atoms with E-state index in [2.05, 4.69) is 14.9 Å². The molecule has 8 nitrogen and oxygen atoms in total. The Morgan fingerprint density at radius 3 is 2.57 bits per heavy atom. The first-order valence-electron chi connectivity index (χ1n) is 9.42. The van der Waals surface area contributed by atoms with Crippen LogP contribution < -0.4 is 10.3 Å². The van der Waals surface area contributed by atoms with E-state index in [1.165, 1.54) is 18.8 Å². The van der Waals surface area contributed by atoms with Gasteiger partial charge in [0.2, 0.25) is 15.8 Å². The second kappa shape index (κ2) is 8.21. The second-order valence-electron chi connectivity index (χ2n) is 6.79. The summed E-state index contributed by atoms with van der Waals surface area (Å²) in [6.45, 7) is 1.95. The fraction of sp³-hybridized carbons (Fsp3) is 0.250. The third-order valence-corrected chi connectivity index (χ3v) is 7.31. The number of thioether (sulfide) groups is 1. The molecule has 4 aromatic rings. The summed E-state index contributed by atoms with van der Waals surface area (Å²) in [4.78, 5) is 13.3. The maximum Gasteiger partial charge on any atom is 0.267 e. The van der Waals surface area contributed by atoms with E-state index >= 15 is 0 Å². The quantitative estimate of drug-likeness (QED) is 0.348. The molecule has 0 aliphatic carbocycles. The lowest BCUT2D eigenvalue weighted by Crippen LogP contribution is -2.22. The molecule has 0 unspecified atom stereocenters. The molecule has 0 radical (unpaired) electrons. The minimum absolute atomic E-state index is 0.0436. The van der Waals surface area contributed by atoms with Gasteiger partial charge in [0.1, 0.15) is 0 Å².